The van der Waals surface area contributed by atoms with Crippen LogP contribution in [0, 0.1) is 0 Å². The van der Waals surface area contributed by atoms with Gasteiger partial charge in [0.05, 0.1) is 12.1 Å². The van der Waals surface area contributed by atoms with Crippen molar-refractivity contribution in [3.05, 3.63) is 35.5 Å². The Morgan fingerprint density at radius 2 is 1.88 bits per heavy atom. The quantitative estimate of drug-likeness (QED) is 0.472. The highest BCUT2D eigenvalue weighted by Gasteiger charge is 2.38. The van der Waals surface area contributed by atoms with E-state index in [0.717, 1.165) is 0 Å². The summed E-state index contributed by atoms with van der Waals surface area (Å²) in [7, 11) is 0. The van der Waals surface area contributed by atoms with Gasteiger partial charge in [0.15, 0.2) is 5.57 Å². The highest BCUT2D eigenvalue weighted by molar-refractivity contribution is 6.15. The number of esters is 2. The third-order valence-corrected chi connectivity index (χ3v) is 3.37. The number of fused-ring (bicyclic) bond motifs is 1. The van der Waals surface area contributed by atoms with Gasteiger partial charge in [-0.2, -0.15) is 0 Å². The number of amides is 1. The number of hydrogen-bond donors (Lipinski definition) is 2. The summed E-state index contributed by atoms with van der Waals surface area (Å²) in [5.41, 5.74) is 0.614. The van der Waals surface area contributed by atoms with Gasteiger partial charge in [0.25, 0.3) is 11.7 Å². The van der Waals surface area contributed by atoms with Gasteiger partial charge in [0.2, 0.25) is 0 Å². The number of nitrogens with one attached hydrogen (secondary N) is 2. The largest absolute Gasteiger partial charge is 0.491 e. The third kappa shape index (κ3) is 3.17. The molecule has 0 atom stereocenters. The molecule has 8 nitrogen and oxygen atoms in total. The molecule has 126 valence electrons. The molecule has 2 aliphatic rings. The van der Waals surface area contributed by atoms with E-state index in [-0.39, 0.29) is 11.5 Å². The van der Waals surface area contributed by atoms with Crippen LogP contribution in [0.4, 0.5) is 5.69 Å². The molecule has 1 saturated heterocycles. The number of hydrogen-bond acceptors (Lipinski definition) is 7. The molecule has 8 heteroatoms. The SMILES string of the molecule is CC1(C)OC(=O)C(=CNc2ccc3c(c2)C(=O)NCCO3)C(=O)O1. The maximum atomic E-state index is 12.0. The molecule has 2 aliphatic heterocycles. The Morgan fingerprint density at radius 1 is 1.17 bits per heavy atom. The van der Waals surface area contributed by atoms with Gasteiger partial charge in [0.1, 0.15) is 12.4 Å². The van der Waals surface area contributed by atoms with Crippen molar-refractivity contribution in [3.63, 3.8) is 0 Å². The van der Waals surface area contributed by atoms with Crippen molar-refractivity contribution in [1.29, 1.82) is 0 Å². The van der Waals surface area contributed by atoms with Crippen LogP contribution in [0.5, 0.6) is 5.75 Å². The average Bonchev–Trinajstić information content (AvgIpc) is 2.67. The van der Waals surface area contributed by atoms with Crippen molar-refractivity contribution in [2.75, 3.05) is 18.5 Å². The number of carbonyl (C=O) groups excluding carboxylic acids is 3. The van der Waals surface area contributed by atoms with E-state index >= 15 is 0 Å². The normalized spacial score (nSPS) is 19.1. The first-order valence-electron chi connectivity index (χ1n) is 7.34. The molecular formula is C16H16N2O6. The first kappa shape index (κ1) is 15.9. The molecule has 24 heavy (non-hydrogen) atoms. The average molecular weight is 332 g/mol. The summed E-state index contributed by atoms with van der Waals surface area (Å²) in [4.78, 5) is 35.7. The summed E-state index contributed by atoms with van der Waals surface area (Å²) < 4.78 is 15.4. The topological polar surface area (TPSA) is 103 Å². The Hall–Kier alpha value is -3.03. The van der Waals surface area contributed by atoms with Crippen molar-refractivity contribution in [2.24, 2.45) is 0 Å². The summed E-state index contributed by atoms with van der Waals surface area (Å²) >= 11 is 0. The number of ether oxygens (including phenoxy) is 3. The predicted molar refractivity (Wildman–Crippen MR) is 82.2 cm³/mol. The minimum Gasteiger partial charge on any atom is -0.491 e. The molecule has 2 N–H and O–H groups in total. The van der Waals surface area contributed by atoms with Gasteiger partial charge in [-0.1, -0.05) is 0 Å². The lowest BCUT2D eigenvalue weighted by Gasteiger charge is -2.29. The van der Waals surface area contributed by atoms with Crippen LogP contribution in [-0.4, -0.2) is 36.8 Å². The van der Waals surface area contributed by atoms with Crippen LogP contribution in [0.25, 0.3) is 0 Å². The Balaban J connectivity index is 1.81. The molecule has 0 bridgehead atoms. The van der Waals surface area contributed by atoms with Gasteiger partial charge in [-0.3, -0.25) is 4.79 Å². The van der Waals surface area contributed by atoms with E-state index in [1.807, 2.05) is 0 Å². The van der Waals surface area contributed by atoms with Crippen LogP contribution in [0.3, 0.4) is 0 Å². The van der Waals surface area contributed by atoms with Gasteiger partial charge >= 0.3 is 11.9 Å². The molecule has 0 aliphatic carbocycles. The maximum Gasteiger partial charge on any atom is 0.350 e. The van der Waals surface area contributed by atoms with Crippen LogP contribution in [0.1, 0.15) is 24.2 Å². The Kier molecular flexibility index (Phi) is 3.88. The van der Waals surface area contributed by atoms with E-state index in [0.29, 0.717) is 30.2 Å². The Labute approximate surface area is 137 Å². The molecule has 1 aromatic carbocycles. The van der Waals surface area contributed by atoms with Gasteiger partial charge in [-0.15, -0.1) is 0 Å². The predicted octanol–water partition coefficient (Wildman–Crippen LogP) is 0.941. The molecule has 0 saturated carbocycles. The Bertz CT molecular complexity index is 731. The summed E-state index contributed by atoms with van der Waals surface area (Å²) in [5.74, 6) is -2.62. The fourth-order valence-corrected chi connectivity index (χ4v) is 2.28. The second-order valence-corrected chi connectivity index (χ2v) is 5.70. The zero-order chi connectivity index (χ0) is 17.3. The second-order valence-electron chi connectivity index (χ2n) is 5.70. The van der Waals surface area contributed by atoms with Crippen LogP contribution in [-0.2, 0) is 19.1 Å². The first-order valence-corrected chi connectivity index (χ1v) is 7.34. The van der Waals surface area contributed by atoms with Crippen LogP contribution < -0.4 is 15.4 Å². The van der Waals surface area contributed by atoms with E-state index in [4.69, 9.17) is 14.2 Å². The summed E-state index contributed by atoms with van der Waals surface area (Å²) in [6.45, 7) is 3.76. The van der Waals surface area contributed by atoms with Crippen LogP contribution in [0.15, 0.2) is 30.0 Å². The van der Waals surface area contributed by atoms with Gasteiger partial charge in [-0.05, 0) is 18.2 Å². The lowest BCUT2D eigenvalue weighted by atomic mass is 10.1. The van der Waals surface area contributed by atoms with Gasteiger partial charge in [-0.25, -0.2) is 9.59 Å². The number of anilines is 1. The molecule has 1 amide bonds. The molecule has 1 fully saturated rings. The maximum absolute atomic E-state index is 12.0. The summed E-state index contributed by atoms with van der Waals surface area (Å²) in [5, 5.41) is 5.50. The number of carbonyl (C=O) groups is 3. The molecule has 0 spiro atoms. The molecule has 3 rings (SSSR count). The zero-order valence-corrected chi connectivity index (χ0v) is 13.2. The highest BCUT2D eigenvalue weighted by Crippen LogP contribution is 2.26. The van der Waals surface area contributed by atoms with E-state index in [1.165, 1.54) is 20.0 Å². The van der Waals surface area contributed by atoms with Crippen molar-refractivity contribution in [1.82, 2.24) is 5.32 Å². The third-order valence-electron chi connectivity index (χ3n) is 3.37. The molecule has 0 aromatic heterocycles. The molecular weight excluding hydrogens is 316 g/mol. The van der Waals surface area contributed by atoms with Crippen molar-refractivity contribution in [3.8, 4) is 5.75 Å². The van der Waals surface area contributed by atoms with E-state index < -0.39 is 17.7 Å². The highest BCUT2D eigenvalue weighted by atomic mass is 16.7. The summed E-state index contributed by atoms with van der Waals surface area (Å²) in [6, 6.07) is 4.87. The lowest BCUT2D eigenvalue weighted by Crippen LogP contribution is -2.42. The summed E-state index contributed by atoms with van der Waals surface area (Å²) in [6.07, 6.45) is 1.19. The number of cyclic esters (lactones) is 2. The van der Waals surface area contributed by atoms with Crippen LogP contribution >= 0.6 is 0 Å². The van der Waals surface area contributed by atoms with Gasteiger partial charge < -0.3 is 24.8 Å². The van der Waals surface area contributed by atoms with Crippen molar-refractivity contribution in [2.45, 2.75) is 19.6 Å². The van der Waals surface area contributed by atoms with Crippen molar-refractivity contribution >= 4 is 23.5 Å². The number of rotatable bonds is 2. The standard InChI is InChI=1S/C16H16N2O6/c1-16(2)23-14(20)11(15(21)24-16)8-18-9-3-4-12-10(7-9)13(19)17-5-6-22-12/h3-4,7-8,18H,5-6H2,1-2H3,(H,17,19). The van der Waals surface area contributed by atoms with Crippen molar-refractivity contribution < 1.29 is 28.6 Å². The lowest BCUT2D eigenvalue weighted by molar-refractivity contribution is -0.222. The van der Waals surface area contributed by atoms with Crippen LogP contribution in [0.2, 0.25) is 0 Å². The fraction of sp³-hybridized carbons (Fsp3) is 0.312. The molecule has 0 radical (unpaired) electrons. The first-order chi connectivity index (χ1) is 11.4. The monoisotopic (exact) mass is 332 g/mol. The minimum atomic E-state index is -1.29. The van der Waals surface area contributed by atoms with E-state index in [2.05, 4.69) is 10.6 Å². The van der Waals surface area contributed by atoms with E-state index in [9.17, 15) is 14.4 Å². The molecule has 2 heterocycles. The fourth-order valence-electron chi connectivity index (χ4n) is 2.28. The smallest absolute Gasteiger partial charge is 0.350 e. The second kappa shape index (κ2) is 5.88. The molecule has 0 unspecified atom stereocenters. The number of benzene rings is 1. The molecule has 1 aromatic rings. The Morgan fingerprint density at radius 3 is 2.58 bits per heavy atom. The minimum absolute atomic E-state index is 0.253. The van der Waals surface area contributed by atoms with E-state index in [1.54, 1.807) is 18.2 Å². The zero-order valence-electron chi connectivity index (χ0n) is 13.2. The van der Waals surface area contributed by atoms with Gasteiger partial charge in [0, 0.05) is 25.7 Å².